The number of rotatable bonds is 5. The average molecular weight is 270 g/mol. The lowest BCUT2D eigenvalue weighted by Crippen LogP contribution is -2.38. The Kier molecular flexibility index (Phi) is 4.91. The Labute approximate surface area is 113 Å². The number of hydrogen-bond donors (Lipinski definition) is 2. The summed E-state index contributed by atoms with van der Waals surface area (Å²) in [5.74, 6) is -1.03. The summed E-state index contributed by atoms with van der Waals surface area (Å²) < 4.78 is 0. The summed E-state index contributed by atoms with van der Waals surface area (Å²) in [5, 5.41) is 11.6. The van der Waals surface area contributed by atoms with Crippen LogP contribution in [0.4, 0.5) is 0 Å². The summed E-state index contributed by atoms with van der Waals surface area (Å²) in [4.78, 5) is 35.5. The Hall–Kier alpha value is -1.59. The van der Waals surface area contributed by atoms with Gasteiger partial charge in [-0.3, -0.25) is 14.4 Å². The first-order chi connectivity index (χ1) is 8.69. The second-order valence-electron chi connectivity index (χ2n) is 5.94. The number of carbonyl (C=O) groups is 3. The second-order valence-corrected chi connectivity index (χ2v) is 5.94. The molecule has 0 spiro atoms. The van der Waals surface area contributed by atoms with Crippen molar-refractivity contribution in [3.05, 3.63) is 0 Å². The lowest BCUT2D eigenvalue weighted by atomic mass is 9.85. The second kappa shape index (κ2) is 6.04. The maximum atomic E-state index is 12.1. The Bertz CT molecular complexity index is 379. The molecule has 2 amide bonds. The van der Waals surface area contributed by atoms with E-state index < -0.39 is 11.4 Å². The summed E-state index contributed by atoms with van der Waals surface area (Å²) in [7, 11) is 0. The molecule has 2 N–H and O–H groups in total. The molecular weight excluding hydrogens is 248 g/mol. The molecule has 0 aromatic carbocycles. The Morgan fingerprint density at radius 2 is 1.95 bits per heavy atom. The van der Waals surface area contributed by atoms with Crippen LogP contribution in [0.25, 0.3) is 0 Å². The van der Waals surface area contributed by atoms with E-state index in [0.717, 1.165) is 6.42 Å². The third-order valence-electron chi connectivity index (χ3n) is 3.21. The fourth-order valence-electron chi connectivity index (χ4n) is 2.39. The monoisotopic (exact) mass is 270 g/mol. The van der Waals surface area contributed by atoms with Gasteiger partial charge < -0.3 is 15.3 Å². The van der Waals surface area contributed by atoms with Crippen LogP contribution >= 0.6 is 0 Å². The van der Waals surface area contributed by atoms with Crippen molar-refractivity contribution in [2.24, 2.45) is 5.41 Å². The lowest BCUT2D eigenvalue weighted by Gasteiger charge is -2.25. The van der Waals surface area contributed by atoms with E-state index in [-0.39, 0.29) is 30.7 Å². The highest BCUT2D eigenvalue weighted by Crippen LogP contribution is 2.26. The highest BCUT2D eigenvalue weighted by molar-refractivity contribution is 5.79. The van der Waals surface area contributed by atoms with Crippen LogP contribution in [0.3, 0.4) is 0 Å². The molecule has 0 aromatic rings. The smallest absolute Gasteiger partial charge is 0.303 e. The van der Waals surface area contributed by atoms with Crippen LogP contribution in [0.1, 0.15) is 40.0 Å². The SMILES string of the molecule is CC(=O)NC1CCN(C(=O)CC(C)(C)CC(=O)O)C1. The van der Waals surface area contributed by atoms with Gasteiger partial charge in [-0.15, -0.1) is 0 Å². The van der Waals surface area contributed by atoms with E-state index >= 15 is 0 Å². The van der Waals surface area contributed by atoms with Crippen LogP contribution in [0.5, 0.6) is 0 Å². The van der Waals surface area contributed by atoms with Crippen LogP contribution < -0.4 is 5.32 Å². The lowest BCUT2D eigenvalue weighted by molar-refractivity contribution is -0.140. The predicted molar refractivity (Wildman–Crippen MR) is 69.5 cm³/mol. The molecule has 1 aliphatic heterocycles. The molecular formula is C13H22N2O4. The summed E-state index contributed by atoms with van der Waals surface area (Å²) in [6.07, 6.45) is 0.943. The van der Waals surface area contributed by atoms with Gasteiger partial charge in [-0.25, -0.2) is 0 Å². The van der Waals surface area contributed by atoms with Gasteiger partial charge in [-0.2, -0.15) is 0 Å². The number of nitrogens with one attached hydrogen (secondary N) is 1. The van der Waals surface area contributed by atoms with Crippen LogP contribution in [-0.2, 0) is 14.4 Å². The van der Waals surface area contributed by atoms with Crippen molar-refractivity contribution in [3.63, 3.8) is 0 Å². The highest BCUT2D eigenvalue weighted by atomic mass is 16.4. The molecule has 0 radical (unpaired) electrons. The number of carboxylic acids is 1. The van der Waals surface area contributed by atoms with Gasteiger partial charge >= 0.3 is 5.97 Å². The largest absolute Gasteiger partial charge is 0.481 e. The van der Waals surface area contributed by atoms with E-state index in [4.69, 9.17) is 5.11 Å². The Balaban J connectivity index is 2.47. The van der Waals surface area contributed by atoms with Crippen molar-refractivity contribution in [1.29, 1.82) is 0 Å². The summed E-state index contributed by atoms with van der Waals surface area (Å²) in [6.45, 7) is 6.15. The molecule has 1 atom stereocenters. The number of nitrogens with zero attached hydrogens (tertiary/aromatic N) is 1. The quantitative estimate of drug-likeness (QED) is 0.766. The number of hydrogen-bond acceptors (Lipinski definition) is 3. The average Bonchev–Trinajstić information content (AvgIpc) is 2.61. The first-order valence-corrected chi connectivity index (χ1v) is 6.46. The Morgan fingerprint density at radius 1 is 1.32 bits per heavy atom. The van der Waals surface area contributed by atoms with E-state index in [1.165, 1.54) is 6.92 Å². The van der Waals surface area contributed by atoms with Gasteiger partial charge in [0.05, 0.1) is 6.42 Å². The molecule has 1 unspecified atom stereocenters. The normalized spacial score (nSPS) is 19.3. The molecule has 0 aliphatic carbocycles. The molecule has 19 heavy (non-hydrogen) atoms. The minimum Gasteiger partial charge on any atom is -0.481 e. The molecule has 1 fully saturated rings. The molecule has 0 bridgehead atoms. The van der Waals surface area contributed by atoms with Crippen LogP contribution in [-0.4, -0.2) is 46.9 Å². The van der Waals surface area contributed by atoms with Gasteiger partial charge in [0.15, 0.2) is 0 Å². The number of amides is 2. The molecule has 6 heteroatoms. The fraction of sp³-hybridized carbons (Fsp3) is 0.769. The van der Waals surface area contributed by atoms with E-state index in [2.05, 4.69) is 5.32 Å². The molecule has 1 heterocycles. The van der Waals surface area contributed by atoms with E-state index in [1.807, 2.05) is 0 Å². The van der Waals surface area contributed by atoms with Crippen LogP contribution in [0, 0.1) is 5.41 Å². The molecule has 108 valence electrons. The van der Waals surface area contributed by atoms with Crippen molar-refractivity contribution < 1.29 is 19.5 Å². The third kappa shape index (κ3) is 5.28. The van der Waals surface area contributed by atoms with Crippen molar-refractivity contribution in [1.82, 2.24) is 10.2 Å². The zero-order valence-corrected chi connectivity index (χ0v) is 11.7. The van der Waals surface area contributed by atoms with E-state index in [9.17, 15) is 14.4 Å². The van der Waals surface area contributed by atoms with Crippen molar-refractivity contribution >= 4 is 17.8 Å². The molecule has 1 aliphatic rings. The zero-order chi connectivity index (χ0) is 14.6. The van der Waals surface area contributed by atoms with E-state index in [1.54, 1.807) is 18.7 Å². The molecule has 0 aromatic heterocycles. The van der Waals surface area contributed by atoms with E-state index in [0.29, 0.717) is 13.1 Å². The first-order valence-electron chi connectivity index (χ1n) is 6.46. The van der Waals surface area contributed by atoms with Gasteiger partial charge in [0.1, 0.15) is 0 Å². The number of carboxylic acid groups (broad SMARTS) is 1. The molecule has 6 nitrogen and oxygen atoms in total. The zero-order valence-electron chi connectivity index (χ0n) is 11.7. The van der Waals surface area contributed by atoms with Crippen molar-refractivity contribution in [2.75, 3.05) is 13.1 Å². The maximum absolute atomic E-state index is 12.1. The van der Waals surface area contributed by atoms with Crippen LogP contribution in [0.2, 0.25) is 0 Å². The van der Waals surface area contributed by atoms with Gasteiger partial charge in [0, 0.05) is 32.5 Å². The van der Waals surface area contributed by atoms with Crippen LogP contribution in [0.15, 0.2) is 0 Å². The standard InChI is InChI=1S/C13H22N2O4/c1-9(16)14-10-4-5-15(8-10)11(17)6-13(2,3)7-12(18)19/h10H,4-8H2,1-3H3,(H,14,16)(H,18,19). The summed E-state index contributed by atoms with van der Waals surface area (Å²) >= 11 is 0. The maximum Gasteiger partial charge on any atom is 0.303 e. The van der Waals surface area contributed by atoms with Crippen molar-refractivity contribution in [2.45, 2.75) is 46.1 Å². The Morgan fingerprint density at radius 3 is 2.47 bits per heavy atom. The number of carbonyl (C=O) groups excluding carboxylic acids is 2. The predicted octanol–water partition coefficient (Wildman–Crippen LogP) is 0.614. The van der Waals surface area contributed by atoms with Gasteiger partial charge in [0.2, 0.25) is 11.8 Å². The minimum absolute atomic E-state index is 0.0176. The first kappa shape index (κ1) is 15.5. The number of aliphatic carboxylic acids is 1. The van der Waals surface area contributed by atoms with Gasteiger partial charge in [0.25, 0.3) is 0 Å². The topological polar surface area (TPSA) is 86.7 Å². The molecule has 0 saturated carbocycles. The highest BCUT2D eigenvalue weighted by Gasteiger charge is 2.31. The minimum atomic E-state index is -0.893. The summed E-state index contributed by atoms with van der Waals surface area (Å²) in [5.41, 5.74) is -0.547. The number of likely N-dealkylation sites (tertiary alicyclic amines) is 1. The van der Waals surface area contributed by atoms with Gasteiger partial charge in [-0.05, 0) is 11.8 Å². The van der Waals surface area contributed by atoms with Crippen molar-refractivity contribution in [3.8, 4) is 0 Å². The summed E-state index contributed by atoms with van der Waals surface area (Å²) in [6, 6.07) is 0.0176. The molecule has 1 rings (SSSR count). The molecule has 1 saturated heterocycles. The van der Waals surface area contributed by atoms with Gasteiger partial charge in [-0.1, -0.05) is 13.8 Å². The third-order valence-corrected chi connectivity index (χ3v) is 3.21. The fourth-order valence-corrected chi connectivity index (χ4v) is 2.39.